The van der Waals surface area contributed by atoms with Crippen molar-refractivity contribution in [1.29, 1.82) is 0 Å². The fourth-order valence-electron chi connectivity index (χ4n) is 6.03. The average Bonchev–Trinajstić information content (AvgIpc) is 2.87. The first-order valence-corrected chi connectivity index (χ1v) is 12.9. The van der Waals surface area contributed by atoms with Crippen LogP contribution in [-0.2, 0) is 16.2 Å². The number of hydrogen-bond acceptors (Lipinski definition) is 4. The van der Waals surface area contributed by atoms with Crippen LogP contribution in [0.15, 0.2) is 84.9 Å². The molecule has 0 fully saturated rings. The highest BCUT2D eigenvalue weighted by Gasteiger charge is 2.49. The molecule has 0 unspecified atom stereocenters. The second-order valence-electron chi connectivity index (χ2n) is 12.3. The Labute approximate surface area is 219 Å². The van der Waals surface area contributed by atoms with Gasteiger partial charge in [-0.05, 0) is 68.5 Å². The third-order valence-electron chi connectivity index (χ3n) is 8.03. The molecule has 4 nitrogen and oxygen atoms in total. The second kappa shape index (κ2) is 7.70. The number of anilines is 4. The van der Waals surface area contributed by atoms with E-state index in [1.807, 2.05) is 60.7 Å². The molecule has 0 aromatic heterocycles. The molecule has 188 valence electrons. The molecular formula is C33H32N2O2-2. The van der Waals surface area contributed by atoms with E-state index in [0.29, 0.717) is 22.7 Å². The largest absolute Gasteiger partial charge is 0.754 e. The lowest BCUT2D eigenvalue weighted by molar-refractivity contribution is 0.584. The molecule has 2 heterocycles. The minimum atomic E-state index is -0.808. The highest BCUT2D eigenvalue weighted by atomic mass is 16.5. The van der Waals surface area contributed by atoms with Gasteiger partial charge in [0, 0.05) is 22.7 Å². The molecule has 0 atom stereocenters. The van der Waals surface area contributed by atoms with Gasteiger partial charge in [0.1, 0.15) is 0 Å². The Morgan fingerprint density at radius 1 is 0.486 bits per heavy atom. The molecule has 4 aromatic carbocycles. The van der Waals surface area contributed by atoms with Crippen LogP contribution >= 0.6 is 0 Å². The lowest BCUT2D eigenvalue weighted by Crippen LogP contribution is -2.42. The van der Waals surface area contributed by atoms with Crippen LogP contribution in [0, 0.1) is 10.4 Å². The number of nitrogens with zero attached hydrogens (tertiary/aromatic N) is 2. The molecule has 0 amide bonds. The van der Waals surface area contributed by atoms with Crippen LogP contribution in [-0.4, -0.2) is 0 Å². The van der Waals surface area contributed by atoms with Gasteiger partial charge in [0.25, 0.3) is 0 Å². The highest BCUT2D eigenvalue weighted by molar-refractivity contribution is 5.91. The van der Waals surface area contributed by atoms with E-state index in [-0.39, 0.29) is 10.8 Å². The summed E-state index contributed by atoms with van der Waals surface area (Å²) >= 11 is 0. The van der Waals surface area contributed by atoms with E-state index >= 15 is 0 Å². The van der Waals surface area contributed by atoms with Crippen molar-refractivity contribution >= 4 is 22.7 Å². The molecule has 0 saturated carbocycles. The standard InChI is InChI=1S/C33H32N2O2/c1-31(2,3)21-16-18-29-26(19-21)33(25-17-15-22(32(4,5)6)20-30(25)35(29)37)23-11-7-9-13-27(23)34(36)28-14-10-8-12-24(28)33/h7-20H,1-6H3/q-2. The Kier molecular flexibility index (Phi) is 4.95. The zero-order valence-electron chi connectivity index (χ0n) is 22.3. The Morgan fingerprint density at radius 2 is 0.919 bits per heavy atom. The minimum absolute atomic E-state index is 0.113. The van der Waals surface area contributed by atoms with Gasteiger partial charge in [-0.15, -0.1) is 0 Å². The van der Waals surface area contributed by atoms with Crippen molar-refractivity contribution < 1.29 is 0 Å². The van der Waals surface area contributed by atoms with Crippen molar-refractivity contribution in [2.75, 3.05) is 10.1 Å². The van der Waals surface area contributed by atoms with Gasteiger partial charge in [-0.3, -0.25) is 0 Å². The van der Waals surface area contributed by atoms with Gasteiger partial charge in [0.05, 0.1) is 5.41 Å². The molecule has 37 heavy (non-hydrogen) atoms. The van der Waals surface area contributed by atoms with Crippen LogP contribution in [0.1, 0.15) is 74.9 Å². The quantitative estimate of drug-likeness (QED) is 0.249. The second-order valence-corrected chi connectivity index (χ2v) is 12.3. The van der Waals surface area contributed by atoms with Crippen molar-refractivity contribution in [3.05, 3.63) is 129 Å². The Morgan fingerprint density at radius 3 is 1.49 bits per heavy atom. The first-order valence-electron chi connectivity index (χ1n) is 12.9. The average molecular weight is 489 g/mol. The molecule has 0 saturated heterocycles. The number of rotatable bonds is 0. The zero-order chi connectivity index (χ0) is 26.3. The fraction of sp³-hybridized carbons (Fsp3) is 0.273. The first kappa shape index (κ1) is 23.8. The van der Waals surface area contributed by atoms with E-state index < -0.39 is 5.41 Å². The number of hydrogen-bond donors (Lipinski definition) is 0. The van der Waals surface area contributed by atoms with E-state index in [1.165, 1.54) is 0 Å². The summed E-state index contributed by atoms with van der Waals surface area (Å²) in [6, 6.07) is 28.2. The normalized spacial score (nSPS) is 15.7. The maximum absolute atomic E-state index is 14.1. The van der Waals surface area contributed by atoms with Gasteiger partial charge in [0.15, 0.2) is 0 Å². The summed E-state index contributed by atoms with van der Waals surface area (Å²) in [7, 11) is 0. The van der Waals surface area contributed by atoms with Crippen molar-refractivity contribution in [2.24, 2.45) is 0 Å². The third kappa shape index (κ3) is 3.22. The molecule has 4 aromatic rings. The molecule has 0 N–H and O–H groups in total. The van der Waals surface area contributed by atoms with Gasteiger partial charge in [-0.1, -0.05) is 102 Å². The number of para-hydroxylation sites is 2. The predicted molar refractivity (Wildman–Crippen MR) is 153 cm³/mol. The predicted octanol–water partition coefficient (Wildman–Crippen LogP) is 8.56. The van der Waals surface area contributed by atoms with Crippen molar-refractivity contribution in [3.8, 4) is 0 Å². The van der Waals surface area contributed by atoms with Gasteiger partial charge in [0.2, 0.25) is 0 Å². The van der Waals surface area contributed by atoms with Crippen LogP contribution in [0.25, 0.3) is 0 Å². The Hall–Kier alpha value is -3.60. The number of benzene rings is 4. The fourth-order valence-corrected chi connectivity index (χ4v) is 6.03. The summed E-state index contributed by atoms with van der Waals surface area (Å²) in [5.41, 5.74) is 7.29. The molecule has 0 radical (unpaired) electrons. The number of fused-ring (bicyclic) bond motifs is 8. The first-order chi connectivity index (χ1) is 17.5. The summed E-state index contributed by atoms with van der Waals surface area (Å²) in [6.45, 7) is 13.0. The van der Waals surface area contributed by atoms with Gasteiger partial charge in [-0.2, -0.15) is 0 Å². The van der Waals surface area contributed by atoms with Crippen LogP contribution in [0.5, 0.6) is 0 Å². The summed E-state index contributed by atoms with van der Waals surface area (Å²) < 4.78 is 0. The lowest BCUT2D eigenvalue weighted by atomic mass is 9.60. The van der Waals surface area contributed by atoms with Gasteiger partial charge in [-0.25, -0.2) is 0 Å². The van der Waals surface area contributed by atoms with E-state index in [1.54, 1.807) is 0 Å². The zero-order valence-corrected chi connectivity index (χ0v) is 22.3. The molecule has 0 aliphatic carbocycles. The SMILES string of the molecule is CC(C)(C)c1ccc2c(c1)N([O-])c1ccc(C(C)(C)C)cc1C21c2ccccc2N([O-])c2ccccc21. The molecular weight excluding hydrogens is 456 g/mol. The van der Waals surface area contributed by atoms with Gasteiger partial charge >= 0.3 is 0 Å². The van der Waals surface area contributed by atoms with Crippen molar-refractivity contribution in [3.63, 3.8) is 0 Å². The molecule has 2 aliphatic rings. The van der Waals surface area contributed by atoms with E-state index in [9.17, 15) is 10.4 Å². The van der Waals surface area contributed by atoms with Crippen molar-refractivity contribution in [2.45, 2.75) is 57.8 Å². The van der Waals surface area contributed by atoms with Crippen LogP contribution in [0.3, 0.4) is 0 Å². The molecule has 2 aliphatic heterocycles. The summed E-state index contributed by atoms with van der Waals surface area (Å²) in [5.74, 6) is 0. The Balaban J connectivity index is 1.82. The summed E-state index contributed by atoms with van der Waals surface area (Å²) in [6.07, 6.45) is 0. The van der Waals surface area contributed by atoms with E-state index in [4.69, 9.17) is 0 Å². The Bertz CT molecular complexity index is 1490. The molecule has 4 heteroatoms. The maximum atomic E-state index is 14.1. The topological polar surface area (TPSA) is 52.6 Å². The molecule has 6 rings (SSSR count). The smallest absolute Gasteiger partial charge is 0.0781 e. The summed E-state index contributed by atoms with van der Waals surface area (Å²) in [4.78, 5) is 0. The van der Waals surface area contributed by atoms with E-state index in [2.05, 4.69) is 65.8 Å². The monoisotopic (exact) mass is 488 g/mol. The van der Waals surface area contributed by atoms with Crippen LogP contribution < -0.4 is 10.1 Å². The minimum Gasteiger partial charge on any atom is -0.754 e. The van der Waals surface area contributed by atoms with Gasteiger partial charge < -0.3 is 20.5 Å². The van der Waals surface area contributed by atoms with Crippen LogP contribution in [0.2, 0.25) is 0 Å². The summed E-state index contributed by atoms with van der Waals surface area (Å²) in [5, 5.41) is 29.9. The van der Waals surface area contributed by atoms with E-state index in [0.717, 1.165) is 43.5 Å². The third-order valence-corrected chi connectivity index (χ3v) is 8.03. The highest BCUT2D eigenvalue weighted by Crippen LogP contribution is 2.62. The molecule has 1 spiro atoms. The maximum Gasteiger partial charge on any atom is 0.0781 e. The van der Waals surface area contributed by atoms with Crippen molar-refractivity contribution in [1.82, 2.24) is 0 Å². The lowest BCUT2D eigenvalue weighted by Gasteiger charge is -2.54. The molecule has 0 bridgehead atoms. The van der Waals surface area contributed by atoms with Crippen LogP contribution in [0.4, 0.5) is 22.7 Å².